The van der Waals surface area contributed by atoms with Crippen LogP contribution in [0.2, 0.25) is 0 Å². The van der Waals surface area contributed by atoms with Crippen molar-refractivity contribution in [3.05, 3.63) is 18.2 Å². The van der Waals surface area contributed by atoms with Crippen LogP contribution in [-0.4, -0.2) is 27.1 Å². The van der Waals surface area contributed by atoms with Crippen molar-refractivity contribution in [2.24, 2.45) is 5.73 Å². The maximum atomic E-state index is 10.3. The van der Waals surface area contributed by atoms with Crippen molar-refractivity contribution in [2.45, 2.75) is 12.5 Å². The molecule has 0 bridgehead atoms. The number of aromatic nitrogens is 2. The van der Waals surface area contributed by atoms with E-state index in [1.807, 2.05) is 0 Å². The molecule has 1 heterocycles. The first-order valence-corrected chi connectivity index (χ1v) is 3.16. The van der Waals surface area contributed by atoms with Gasteiger partial charge < -0.3 is 15.8 Å². The number of aromatic amines is 1. The fraction of sp³-hybridized carbons (Fsp3) is 0.333. The summed E-state index contributed by atoms with van der Waals surface area (Å²) in [7, 11) is 0. The number of imidazole rings is 1. The van der Waals surface area contributed by atoms with E-state index in [2.05, 4.69) is 9.97 Å². The number of hydrogen-bond acceptors (Lipinski definition) is 3. The fourth-order valence-electron chi connectivity index (χ4n) is 0.721. The van der Waals surface area contributed by atoms with Crippen molar-refractivity contribution < 1.29 is 61.3 Å². The molecule has 1 atom stereocenters. The molecule has 1 rings (SSSR count). The van der Waals surface area contributed by atoms with Crippen LogP contribution in [-0.2, 0) is 11.2 Å². The topological polar surface area (TPSA) is 92.0 Å². The maximum Gasteiger partial charge on any atom is 1.00 e. The third-order valence-electron chi connectivity index (χ3n) is 1.31. The van der Waals surface area contributed by atoms with Crippen LogP contribution in [0.15, 0.2) is 12.5 Å². The molecule has 6 heteroatoms. The van der Waals surface area contributed by atoms with Gasteiger partial charge in [0.25, 0.3) is 0 Å². The van der Waals surface area contributed by atoms with Crippen LogP contribution in [0.4, 0.5) is 0 Å². The van der Waals surface area contributed by atoms with Gasteiger partial charge in [0.1, 0.15) is 6.04 Å². The number of carboxylic acids is 1. The first kappa shape index (κ1) is 12.3. The monoisotopic (exact) mass is 194 g/mol. The summed E-state index contributed by atoms with van der Waals surface area (Å²) in [5, 5.41) is 8.42. The number of carbonyl (C=O) groups is 1. The zero-order chi connectivity index (χ0) is 8.27. The van der Waals surface area contributed by atoms with Crippen LogP contribution in [0.5, 0.6) is 0 Å². The molecular formula is C6H9KN3O2+. The summed E-state index contributed by atoms with van der Waals surface area (Å²) in [6, 6.07) is -0.851. The summed E-state index contributed by atoms with van der Waals surface area (Å²) >= 11 is 0. The van der Waals surface area contributed by atoms with E-state index in [-0.39, 0.29) is 57.8 Å². The van der Waals surface area contributed by atoms with E-state index in [4.69, 9.17) is 10.8 Å². The van der Waals surface area contributed by atoms with E-state index in [9.17, 15) is 4.79 Å². The first-order valence-electron chi connectivity index (χ1n) is 3.16. The summed E-state index contributed by atoms with van der Waals surface area (Å²) < 4.78 is 0. The van der Waals surface area contributed by atoms with Crippen LogP contribution >= 0.6 is 0 Å². The third-order valence-corrected chi connectivity index (χ3v) is 1.31. The number of nitrogens with one attached hydrogen (secondary N) is 1. The zero-order valence-corrected chi connectivity index (χ0v) is 9.94. The van der Waals surface area contributed by atoms with E-state index in [0.29, 0.717) is 0 Å². The SMILES string of the molecule is NC(Cc1cnc[nH]1)C(=O)O.[K+]. The molecular weight excluding hydrogens is 185 g/mol. The largest absolute Gasteiger partial charge is 1.00 e. The summed E-state index contributed by atoms with van der Waals surface area (Å²) in [5.74, 6) is -1.00. The van der Waals surface area contributed by atoms with Gasteiger partial charge in [-0.05, 0) is 0 Å². The fourth-order valence-corrected chi connectivity index (χ4v) is 0.721. The van der Waals surface area contributed by atoms with E-state index in [1.165, 1.54) is 6.33 Å². The molecule has 0 amide bonds. The van der Waals surface area contributed by atoms with Gasteiger partial charge in [-0.15, -0.1) is 0 Å². The van der Waals surface area contributed by atoms with Gasteiger partial charge in [-0.25, -0.2) is 4.98 Å². The summed E-state index contributed by atoms with van der Waals surface area (Å²) in [4.78, 5) is 16.8. The zero-order valence-electron chi connectivity index (χ0n) is 6.82. The number of rotatable bonds is 3. The minimum Gasteiger partial charge on any atom is -0.480 e. The molecule has 0 aliphatic rings. The van der Waals surface area contributed by atoms with Crippen LogP contribution in [0.25, 0.3) is 0 Å². The molecule has 0 aliphatic heterocycles. The molecule has 60 valence electrons. The van der Waals surface area contributed by atoms with E-state index < -0.39 is 12.0 Å². The molecule has 4 N–H and O–H groups in total. The summed E-state index contributed by atoms with van der Waals surface area (Å²) in [5.41, 5.74) is 6.00. The Balaban J connectivity index is 0.00000121. The van der Waals surface area contributed by atoms with Gasteiger partial charge in [0.05, 0.1) is 6.33 Å². The smallest absolute Gasteiger partial charge is 0.480 e. The van der Waals surface area contributed by atoms with E-state index in [0.717, 1.165) is 5.69 Å². The Bertz CT molecular complexity index is 237. The van der Waals surface area contributed by atoms with Crippen LogP contribution in [0.3, 0.4) is 0 Å². The third kappa shape index (κ3) is 3.79. The Labute approximate surface area is 112 Å². The molecule has 5 nitrogen and oxygen atoms in total. The van der Waals surface area contributed by atoms with Crippen molar-refractivity contribution in [2.75, 3.05) is 0 Å². The van der Waals surface area contributed by atoms with Crippen molar-refractivity contribution in [3.8, 4) is 0 Å². The molecule has 1 aromatic rings. The van der Waals surface area contributed by atoms with Crippen molar-refractivity contribution >= 4 is 5.97 Å². The number of aliphatic carboxylic acids is 1. The van der Waals surface area contributed by atoms with E-state index >= 15 is 0 Å². The standard InChI is InChI=1S/C6H9N3O2.K/c7-5(6(10)11)1-4-2-8-3-9-4;/h2-3,5H,1,7H2,(H,8,9)(H,10,11);/q;+1. The molecule has 12 heavy (non-hydrogen) atoms. The normalized spacial score (nSPS) is 11.8. The van der Waals surface area contributed by atoms with Gasteiger partial charge in [0.15, 0.2) is 0 Å². The number of H-pyrrole nitrogens is 1. The number of hydrogen-bond donors (Lipinski definition) is 3. The van der Waals surface area contributed by atoms with Gasteiger partial charge >= 0.3 is 57.4 Å². The second-order valence-corrected chi connectivity index (χ2v) is 2.23. The Hall–Kier alpha value is 0.276. The van der Waals surface area contributed by atoms with Gasteiger partial charge in [0, 0.05) is 18.3 Å². The van der Waals surface area contributed by atoms with Crippen LogP contribution in [0.1, 0.15) is 5.69 Å². The minimum absolute atomic E-state index is 0. The minimum atomic E-state index is -1.00. The van der Waals surface area contributed by atoms with Gasteiger partial charge in [-0.3, -0.25) is 4.79 Å². The average molecular weight is 194 g/mol. The predicted molar refractivity (Wildman–Crippen MR) is 37.9 cm³/mol. The quantitative estimate of drug-likeness (QED) is 0.433. The van der Waals surface area contributed by atoms with Crippen LogP contribution < -0.4 is 57.1 Å². The molecule has 0 saturated heterocycles. The Morgan fingerprint density at radius 3 is 2.92 bits per heavy atom. The molecule has 0 aliphatic carbocycles. The number of carboxylic acid groups (broad SMARTS) is 1. The summed E-state index contributed by atoms with van der Waals surface area (Å²) in [6.45, 7) is 0. The second-order valence-electron chi connectivity index (χ2n) is 2.23. The summed E-state index contributed by atoms with van der Waals surface area (Å²) in [6.07, 6.45) is 3.34. The maximum absolute atomic E-state index is 10.3. The predicted octanol–water partition coefficient (Wildman–Crippen LogP) is -3.63. The van der Waals surface area contributed by atoms with Gasteiger partial charge in [-0.2, -0.15) is 0 Å². The van der Waals surface area contributed by atoms with Gasteiger partial charge in [0.2, 0.25) is 0 Å². The Kier molecular flexibility index (Phi) is 5.98. The molecule has 0 aromatic carbocycles. The Morgan fingerprint density at radius 2 is 2.50 bits per heavy atom. The first-order chi connectivity index (χ1) is 5.20. The van der Waals surface area contributed by atoms with Crippen molar-refractivity contribution in [3.63, 3.8) is 0 Å². The average Bonchev–Trinajstić information content (AvgIpc) is 2.39. The van der Waals surface area contributed by atoms with Crippen molar-refractivity contribution in [1.82, 2.24) is 9.97 Å². The molecule has 0 saturated carbocycles. The second kappa shape index (κ2) is 5.84. The molecule has 0 spiro atoms. The molecule has 0 fully saturated rings. The molecule has 0 radical (unpaired) electrons. The number of nitrogens with two attached hydrogens (primary N) is 1. The molecule has 1 aromatic heterocycles. The van der Waals surface area contributed by atoms with E-state index in [1.54, 1.807) is 6.20 Å². The number of nitrogens with zero attached hydrogens (tertiary/aromatic N) is 1. The molecule has 1 unspecified atom stereocenters. The van der Waals surface area contributed by atoms with Crippen molar-refractivity contribution in [1.29, 1.82) is 0 Å². The van der Waals surface area contributed by atoms with Crippen LogP contribution in [0, 0.1) is 0 Å². The Morgan fingerprint density at radius 1 is 1.83 bits per heavy atom. The van der Waals surface area contributed by atoms with Gasteiger partial charge in [-0.1, -0.05) is 0 Å².